The van der Waals surface area contributed by atoms with Gasteiger partial charge in [-0.25, -0.2) is 38.5 Å². The van der Waals surface area contributed by atoms with Gasteiger partial charge in [0.1, 0.15) is 40.3 Å². The van der Waals surface area contributed by atoms with Gasteiger partial charge in [-0.2, -0.15) is 5.26 Å². The van der Waals surface area contributed by atoms with Crippen LogP contribution in [0.15, 0.2) is 85.5 Å². The maximum atomic E-state index is 15.5. The number of anilines is 1. The summed E-state index contributed by atoms with van der Waals surface area (Å²) in [6, 6.07) is 15.4. The van der Waals surface area contributed by atoms with Crippen molar-refractivity contribution < 1.29 is 61.4 Å². The zero-order valence-electron chi connectivity index (χ0n) is 48.4. The first-order valence-electron chi connectivity index (χ1n) is 27.9. The van der Waals surface area contributed by atoms with Gasteiger partial charge in [-0.3, -0.25) is 14.3 Å². The number of nitrogens with one attached hydrogen (secondary N) is 3. The van der Waals surface area contributed by atoms with E-state index in [1.165, 1.54) is 55.0 Å². The van der Waals surface area contributed by atoms with Gasteiger partial charge in [-0.15, -0.1) is 5.10 Å². The number of rotatable bonds is 35. The molecule has 0 fully saturated rings. The van der Waals surface area contributed by atoms with Crippen molar-refractivity contribution >= 4 is 46.1 Å². The number of nitriles is 1. The molecule has 0 unspecified atom stereocenters. The Bertz CT molecular complexity index is 3400. The van der Waals surface area contributed by atoms with Crippen LogP contribution in [0.5, 0.6) is 23.4 Å². The van der Waals surface area contributed by atoms with E-state index in [1.54, 1.807) is 42.8 Å². The molecule has 2 atom stereocenters. The van der Waals surface area contributed by atoms with Crippen molar-refractivity contribution in [2.75, 3.05) is 71.3 Å². The van der Waals surface area contributed by atoms with Gasteiger partial charge in [0.25, 0.3) is 11.8 Å². The average Bonchev–Trinajstić information content (AvgIpc) is 1.30. The Morgan fingerprint density at radius 2 is 1.56 bits per heavy atom. The summed E-state index contributed by atoms with van der Waals surface area (Å²) in [5, 5.41) is 36.0. The number of amides is 2. The van der Waals surface area contributed by atoms with Crippen molar-refractivity contribution in [3.05, 3.63) is 130 Å². The second-order valence-corrected chi connectivity index (χ2v) is 21.3. The summed E-state index contributed by atoms with van der Waals surface area (Å²) < 4.78 is 71.6. The van der Waals surface area contributed by atoms with Crippen molar-refractivity contribution in [1.82, 2.24) is 50.5 Å². The molecule has 0 saturated carbocycles. The van der Waals surface area contributed by atoms with Crippen molar-refractivity contribution in [1.29, 1.82) is 5.26 Å². The van der Waals surface area contributed by atoms with Gasteiger partial charge < -0.3 is 54.2 Å². The van der Waals surface area contributed by atoms with Crippen LogP contribution in [0, 0.1) is 35.3 Å². The highest BCUT2D eigenvalue weighted by Gasteiger charge is 2.25. The van der Waals surface area contributed by atoms with E-state index in [4.69, 9.17) is 44.8 Å². The van der Waals surface area contributed by atoms with Crippen molar-refractivity contribution in [2.24, 2.45) is 5.41 Å². The Hall–Kier alpha value is -8.54. The van der Waals surface area contributed by atoms with Crippen LogP contribution in [-0.4, -0.2) is 135 Å². The zero-order valence-corrected chi connectivity index (χ0v) is 49.2. The van der Waals surface area contributed by atoms with Gasteiger partial charge in [-0.1, -0.05) is 43.7 Å². The molecule has 0 saturated heterocycles. The van der Waals surface area contributed by atoms with Gasteiger partial charge in [0, 0.05) is 61.0 Å². The van der Waals surface area contributed by atoms with Crippen LogP contribution in [0.1, 0.15) is 98.7 Å². The standard InChI is InChI=1S/C60H69ClF2N12O11/c1-38(46-28-40(31-64)12-14-47(46)62)70-56-53(61)39(2)69-50-30-48(63)54(72-55(50)56)42-33-67-59(68-34-42)84-20-8-6-7-19-75-35-43(73-74-75)36-83-27-26-82-25-24-81-23-22-80-21-18-65-51(76)37-85-44-10-9-11-45(29-44)86-52-15-13-41(32-66-52)57(77)71-49(58(78)79)16-17-60(3,4)5/h9-15,28-30,32-35,38,49H,6-8,16-27,36-37H2,1-5H3,(H,65,76)(H,69,70)(H,71,77)(H,78,79)/t38-,49+/m1/s1. The molecule has 5 heterocycles. The summed E-state index contributed by atoms with van der Waals surface area (Å²) in [5.41, 5.74) is 2.86. The number of carboxylic acids is 1. The van der Waals surface area contributed by atoms with Crippen LogP contribution in [0.25, 0.3) is 22.3 Å². The molecule has 0 spiro atoms. The first-order valence-corrected chi connectivity index (χ1v) is 28.3. The highest BCUT2D eigenvalue weighted by atomic mass is 35.5. The Kier molecular flexibility index (Phi) is 24.7. The third kappa shape index (κ3) is 20.6. The van der Waals surface area contributed by atoms with E-state index >= 15 is 4.39 Å². The van der Waals surface area contributed by atoms with E-state index in [2.05, 4.69) is 51.2 Å². The maximum Gasteiger partial charge on any atom is 0.326 e. The number of aryl methyl sites for hydroxylation is 2. The number of carbonyl (C=O) groups excluding carboxylic acids is 2. The lowest BCUT2D eigenvalue weighted by atomic mass is 9.88. The molecule has 7 rings (SSSR count). The maximum absolute atomic E-state index is 15.5. The number of pyridine rings is 3. The molecule has 2 aromatic carbocycles. The molecule has 86 heavy (non-hydrogen) atoms. The van der Waals surface area contributed by atoms with Crippen LogP contribution < -0.4 is 30.2 Å². The fraction of sp³-hybridized carbons (Fsp3) is 0.417. The van der Waals surface area contributed by atoms with Crippen LogP contribution in [0.3, 0.4) is 0 Å². The van der Waals surface area contributed by atoms with Crippen molar-refractivity contribution in [3.8, 4) is 40.7 Å². The summed E-state index contributed by atoms with van der Waals surface area (Å²) in [4.78, 5) is 58.5. The van der Waals surface area contributed by atoms with E-state index in [1.807, 2.05) is 33.0 Å². The molecule has 5 aromatic heterocycles. The number of nitrogens with zero attached hydrogens (tertiary/aromatic N) is 9. The van der Waals surface area contributed by atoms with Crippen LogP contribution in [0.4, 0.5) is 14.5 Å². The number of aliphatic carboxylic acids is 1. The summed E-state index contributed by atoms with van der Waals surface area (Å²) in [5.74, 6) is -2.17. The zero-order chi connectivity index (χ0) is 61.4. The van der Waals surface area contributed by atoms with Crippen molar-refractivity contribution in [2.45, 2.75) is 92.0 Å². The number of ether oxygens (including phenoxy) is 7. The van der Waals surface area contributed by atoms with E-state index < -0.39 is 35.6 Å². The van der Waals surface area contributed by atoms with E-state index in [0.717, 1.165) is 19.3 Å². The quantitative estimate of drug-likeness (QED) is 0.0269. The summed E-state index contributed by atoms with van der Waals surface area (Å²) in [6.45, 7) is 13.2. The third-order valence-corrected chi connectivity index (χ3v) is 13.3. The molecule has 26 heteroatoms. The summed E-state index contributed by atoms with van der Waals surface area (Å²) in [6.07, 6.45) is 9.29. The topological polar surface area (TPSA) is 291 Å². The molecule has 0 aliphatic carbocycles. The average molecular weight is 1210 g/mol. The van der Waals surface area contributed by atoms with Gasteiger partial charge in [0.05, 0.1) is 111 Å². The number of halogens is 3. The minimum Gasteiger partial charge on any atom is -0.484 e. The van der Waals surface area contributed by atoms with Crippen LogP contribution >= 0.6 is 11.6 Å². The first kappa shape index (κ1) is 65.0. The molecule has 0 bridgehead atoms. The molecule has 7 aromatic rings. The highest BCUT2D eigenvalue weighted by Crippen LogP contribution is 2.37. The Labute approximate surface area is 501 Å². The normalized spacial score (nSPS) is 12.1. The predicted molar refractivity (Wildman–Crippen MR) is 312 cm³/mol. The second-order valence-electron chi connectivity index (χ2n) is 20.9. The van der Waals surface area contributed by atoms with Gasteiger partial charge in [0.2, 0.25) is 5.88 Å². The summed E-state index contributed by atoms with van der Waals surface area (Å²) >= 11 is 6.68. The lowest BCUT2D eigenvalue weighted by Gasteiger charge is -2.21. The van der Waals surface area contributed by atoms with E-state index in [9.17, 15) is 29.1 Å². The molecule has 2 amide bonds. The van der Waals surface area contributed by atoms with Crippen LogP contribution in [-0.2, 0) is 41.7 Å². The lowest BCUT2D eigenvalue weighted by molar-refractivity contribution is -0.139. The SMILES string of the molecule is Cc1nc2cc(F)c(-c3cnc(OCCCCCn4cc(COCCOCCOCCOCCNC(=O)COc5cccc(Oc6ccc(C(=O)N[C@@H](CCC(C)(C)C)C(=O)O)cn6)c5)nn4)nc3)nc2c(N[C@H](C)c2cc(C#N)ccc2F)c1Cl. The highest BCUT2D eigenvalue weighted by molar-refractivity contribution is 6.35. The first-order chi connectivity index (χ1) is 41.4. The smallest absolute Gasteiger partial charge is 0.326 e. The predicted octanol–water partition coefficient (Wildman–Crippen LogP) is 9.17. The molecule has 0 aliphatic heterocycles. The van der Waals surface area contributed by atoms with E-state index in [0.29, 0.717) is 105 Å². The van der Waals surface area contributed by atoms with Gasteiger partial charge >= 0.3 is 12.0 Å². The Morgan fingerprint density at radius 1 is 0.826 bits per heavy atom. The number of unbranched alkanes of at least 4 members (excludes halogenated alkanes) is 2. The minimum atomic E-state index is -1.10. The molecule has 0 radical (unpaired) electrons. The van der Waals surface area contributed by atoms with Crippen LogP contribution in [0.2, 0.25) is 5.02 Å². The largest absolute Gasteiger partial charge is 0.484 e. The number of carboxylic acid groups (broad SMARTS) is 1. The minimum absolute atomic E-state index is 0.0377. The van der Waals surface area contributed by atoms with Gasteiger partial charge in [0.15, 0.2) is 12.4 Å². The number of fused-ring (bicyclic) bond motifs is 1. The Morgan fingerprint density at radius 3 is 2.27 bits per heavy atom. The second kappa shape index (κ2) is 32.7. The molecule has 0 aliphatic rings. The molecule has 4 N–H and O–H groups in total. The Balaban J connectivity index is 0.676. The number of benzene rings is 2. The third-order valence-electron chi connectivity index (χ3n) is 12.8. The number of hydrogen-bond acceptors (Lipinski definition) is 19. The molecular formula is C60H69ClF2N12O11. The fourth-order valence-electron chi connectivity index (χ4n) is 8.28. The monoisotopic (exact) mass is 1210 g/mol. The number of hydrogen-bond donors (Lipinski definition) is 4. The van der Waals surface area contributed by atoms with Gasteiger partial charge in [-0.05, 0) is 87.8 Å². The molecule has 456 valence electrons. The lowest BCUT2D eigenvalue weighted by Crippen LogP contribution is -2.41. The summed E-state index contributed by atoms with van der Waals surface area (Å²) in [7, 11) is 0. The molecular weight excluding hydrogens is 1140 g/mol. The molecule has 23 nitrogen and oxygen atoms in total. The number of carbonyl (C=O) groups is 3. The van der Waals surface area contributed by atoms with Crippen molar-refractivity contribution in [3.63, 3.8) is 0 Å². The fourth-order valence-corrected chi connectivity index (χ4v) is 8.46. The number of aromatic nitrogens is 8. The van der Waals surface area contributed by atoms with E-state index in [-0.39, 0.29) is 82.5 Å².